The highest BCUT2D eigenvalue weighted by atomic mass is 79.9. The molecule has 1 fully saturated rings. The number of anilines is 1. The minimum atomic E-state index is -0.385. The van der Waals surface area contributed by atoms with Crippen LogP contribution in [0.5, 0.6) is 0 Å². The van der Waals surface area contributed by atoms with Gasteiger partial charge in [-0.15, -0.1) is 0 Å². The number of aromatic nitrogens is 2. The molecule has 1 aliphatic rings. The molecule has 18 heavy (non-hydrogen) atoms. The Morgan fingerprint density at radius 1 is 1.22 bits per heavy atom. The minimum absolute atomic E-state index is 0.0885. The standard InChI is InChI=1S/C12H10BrClFN3/c13-7-5-8-10(9(15)6-7)16-12(14)17-11(8)18-3-1-2-4-18/h5-6H,1-4H2. The van der Waals surface area contributed by atoms with Gasteiger partial charge in [0.25, 0.3) is 0 Å². The summed E-state index contributed by atoms with van der Waals surface area (Å²) in [5, 5.41) is 0.791. The summed E-state index contributed by atoms with van der Waals surface area (Å²) in [6.07, 6.45) is 2.25. The van der Waals surface area contributed by atoms with Crippen LogP contribution < -0.4 is 4.90 Å². The lowest BCUT2D eigenvalue weighted by atomic mass is 10.2. The van der Waals surface area contributed by atoms with Crippen molar-refractivity contribution < 1.29 is 4.39 Å². The van der Waals surface area contributed by atoms with Crippen LogP contribution >= 0.6 is 27.5 Å². The second-order valence-electron chi connectivity index (χ2n) is 4.29. The van der Waals surface area contributed by atoms with E-state index in [1.807, 2.05) is 6.07 Å². The molecule has 2 heterocycles. The summed E-state index contributed by atoms with van der Waals surface area (Å²) in [5.41, 5.74) is 0.278. The SMILES string of the molecule is Fc1cc(Br)cc2c(N3CCCC3)nc(Cl)nc12. The Bertz CT molecular complexity index is 614. The average Bonchev–Trinajstić information content (AvgIpc) is 2.83. The summed E-state index contributed by atoms with van der Waals surface area (Å²) < 4.78 is 14.6. The van der Waals surface area contributed by atoms with Gasteiger partial charge >= 0.3 is 0 Å². The van der Waals surface area contributed by atoms with Gasteiger partial charge in [-0.2, -0.15) is 4.98 Å². The molecule has 0 unspecified atom stereocenters. The van der Waals surface area contributed by atoms with Gasteiger partial charge in [0.15, 0.2) is 5.82 Å². The van der Waals surface area contributed by atoms with E-state index in [0.717, 1.165) is 31.7 Å². The molecule has 0 amide bonds. The fourth-order valence-electron chi connectivity index (χ4n) is 2.28. The van der Waals surface area contributed by atoms with Gasteiger partial charge in [-0.3, -0.25) is 0 Å². The van der Waals surface area contributed by atoms with Crippen molar-refractivity contribution in [1.82, 2.24) is 9.97 Å². The second-order valence-corrected chi connectivity index (χ2v) is 5.55. The zero-order chi connectivity index (χ0) is 12.7. The van der Waals surface area contributed by atoms with E-state index in [-0.39, 0.29) is 16.6 Å². The zero-order valence-electron chi connectivity index (χ0n) is 9.46. The Morgan fingerprint density at radius 3 is 2.67 bits per heavy atom. The van der Waals surface area contributed by atoms with Crippen molar-refractivity contribution in [2.45, 2.75) is 12.8 Å². The van der Waals surface area contributed by atoms with Crippen LogP contribution in [0.4, 0.5) is 10.2 Å². The Hall–Kier alpha value is -0.940. The molecule has 0 N–H and O–H groups in total. The van der Waals surface area contributed by atoms with E-state index < -0.39 is 0 Å². The van der Waals surface area contributed by atoms with Crippen molar-refractivity contribution in [3.05, 3.63) is 27.7 Å². The predicted molar refractivity (Wildman–Crippen MR) is 73.7 cm³/mol. The molecule has 3 rings (SSSR count). The molecule has 0 radical (unpaired) electrons. The normalized spacial score (nSPS) is 15.6. The van der Waals surface area contributed by atoms with Crippen molar-refractivity contribution in [3.63, 3.8) is 0 Å². The van der Waals surface area contributed by atoms with E-state index >= 15 is 0 Å². The van der Waals surface area contributed by atoms with E-state index in [1.165, 1.54) is 6.07 Å². The maximum Gasteiger partial charge on any atom is 0.225 e. The lowest BCUT2D eigenvalue weighted by Gasteiger charge is -2.18. The van der Waals surface area contributed by atoms with Gasteiger partial charge in [-0.1, -0.05) is 15.9 Å². The maximum absolute atomic E-state index is 13.9. The topological polar surface area (TPSA) is 29.0 Å². The smallest absolute Gasteiger partial charge is 0.225 e. The van der Waals surface area contributed by atoms with Crippen LogP contribution in [0.25, 0.3) is 10.9 Å². The van der Waals surface area contributed by atoms with Gasteiger partial charge in [0, 0.05) is 22.9 Å². The van der Waals surface area contributed by atoms with Crippen molar-refractivity contribution in [2.24, 2.45) is 0 Å². The number of halogens is 3. The van der Waals surface area contributed by atoms with Gasteiger partial charge in [-0.05, 0) is 36.6 Å². The number of nitrogens with zero attached hydrogens (tertiary/aromatic N) is 3. The molecule has 1 aromatic heterocycles. The molecule has 0 aliphatic carbocycles. The number of benzene rings is 1. The Balaban J connectivity index is 2.28. The fourth-order valence-corrected chi connectivity index (χ4v) is 2.88. The number of fused-ring (bicyclic) bond motifs is 1. The summed E-state index contributed by atoms with van der Waals surface area (Å²) in [5.74, 6) is 0.340. The molecule has 3 nitrogen and oxygen atoms in total. The third kappa shape index (κ3) is 2.06. The maximum atomic E-state index is 13.9. The zero-order valence-corrected chi connectivity index (χ0v) is 11.8. The van der Waals surface area contributed by atoms with Gasteiger partial charge in [0.2, 0.25) is 5.28 Å². The molecule has 2 aromatic rings. The first-order valence-corrected chi connectivity index (χ1v) is 6.89. The molecule has 0 bridgehead atoms. The third-order valence-corrected chi connectivity index (χ3v) is 3.70. The molecular formula is C12H10BrClFN3. The molecule has 0 spiro atoms. The van der Waals surface area contributed by atoms with Gasteiger partial charge in [-0.25, -0.2) is 9.37 Å². The van der Waals surface area contributed by atoms with E-state index in [2.05, 4.69) is 30.8 Å². The van der Waals surface area contributed by atoms with Crippen molar-refractivity contribution in [2.75, 3.05) is 18.0 Å². The molecule has 0 saturated carbocycles. The van der Waals surface area contributed by atoms with Gasteiger partial charge < -0.3 is 4.90 Å². The first-order valence-electron chi connectivity index (χ1n) is 5.72. The minimum Gasteiger partial charge on any atom is -0.356 e. The molecule has 94 valence electrons. The van der Waals surface area contributed by atoms with E-state index in [1.54, 1.807) is 0 Å². The van der Waals surface area contributed by atoms with E-state index in [9.17, 15) is 4.39 Å². The molecule has 6 heteroatoms. The summed E-state index contributed by atoms with van der Waals surface area (Å²) in [7, 11) is 0. The monoisotopic (exact) mass is 329 g/mol. The van der Waals surface area contributed by atoms with Crippen LogP contribution in [0.15, 0.2) is 16.6 Å². The molecule has 1 saturated heterocycles. The summed E-state index contributed by atoms with van der Waals surface area (Å²) in [6.45, 7) is 1.85. The van der Waals surface area contributed by atoms with E-state index in [4.69, 9.17) is 11.6 Å². The predicted octanol–water partition coefficient (Wildman–Crippen LogP) is 3.79. The Kier molecular flexibility index (Phi) is 3.11. The summed E-state index contributed by atoms with van der Waals surface area (Å²) in [6, 6.07) is 3.22. The largest absolute Gasteiger partial charge is 0.356 e. The highest BCUT2D eigenvalue weighted by molar-refractivity contribution is 9.10. The van der Waals surface area contributed by atoms with Crippen molar-refractivity contribution in [3.8, 4) is 0 Å². The second kappa shape index (κ2) is 4.63. The molecule has 1 aliphatic heterocycles. The summed E-state index contributed by atoms with van der Waals surface area (Å²) in [4.78, 5) is 10.4. The van der Waals surface area contributed by atoms with E-state index in [0.29, 0.717) is 9.86 Å². The molecule has 0 atom stereocenters. The van der Waals surface area contributed by atoms with Crippen LogP contribution in [0.3, 0.4) is 0 Å². The van der Waals surface area contributed by atoms with Gasteiger partial charge in [0.1, 0.15) is 11.3 Å². The first-order chi connectivity index (χ1) is 8.65. The third-order valence-electron chi connectivity index (χ3n) is 3.08. The molecular weight excluding hydrogens is 321 g/mol. The quantitative estimate of drug-likeness (QED) is 0.745. The first kappa shape index (κ1) is 12.1. The average molecular weight is 331 g/mol. The number of hydrogen-bond acceptors (Lipinski definition) is 3. The highest BCUT2D eigenvalue weighted by Crippen LogP contribution is 2.31. The van der Waals surface area contributed by atoms with Crippen molar-refractivity contribution >= 4 is 44.3 Å². The Labute approximate surface area is 117 Å². The van der Waals surface area contributed by atoms with Crippen LogP contribution in [0, 0.1) is 5.82 Å². The Morgan fingerprint density at radius 2 is 1.94 bits per heavy atom. The molecule has 1 aromatic carbocycles. The van der Waals surface area contributed by atoms with Crippen LogP contribution in [0.1, 0.15) is 12.8 Å². The summed E-state index contributed by atoms with van der Waals surface area (Å²) >= 11 is 9.18. The van der Waals surface area contributed by atoms with Crippen LogP contribution in [-0.2, 0) is 0 Å². The van der Waals surface area contributed by atoms with Gasteiger partial charge in [0.05, 0.1) is 0 Å². The van der Waals surface area contributed by atoms with Crippen LogP contribution in [-0.4, -0.2) is 23.1 Å². The highest BCUT2D eigenvalue weighted by Gasteiger charge is 2.19. The number of rotatable bonds is 1. The van der Waals surface area contributed by atoms with Crippen LogP contribution in [0.2, 0.25) is 5.28 Å². The van der Waals surface area contributed by atoms with Crippen molar-refractivity contribution in [1.29, 1.82) is 0 Å². The lowest BCUT2D eigenvalue weighted by molar-refractivity contribution is 0.635. The number of hydrogen-bond donors (Lipinski definition) is 0. The lowest BCUT2D eigenvalue weighted by Crippen LogP contribution is -2.19. The fraction of sp³-hybridized carbons (Fsp3) is 0.333.